The second-order valence-electron chi connectivity index (χ2n) is 11.2. The van der Waals surface area contributed by atoms with Crippen molar-refractivity contribution in [2.75, 3.05) is 18.5 Å². The minimum Gasteiger partial charge on any atom is -0.448 e. The third-order valence-corrected chi connectivity index (χ3v) is 7.20. The molecule has 0 unspecified atom stereocenters. The van der Waals surface area contributed by atoms with E-state index in [9.17, 15) is 9.59 Å². The van der Waals surface area contributed by atoms with Crippen LogP contribution in [0.3, 0.4) is 0 Å². The molecule has 8 nitrogen and oxygen atoms in total. The third-order valence-electron chi connectivity index (χ3n) is 7.20. The molecule has 3 aromatic carbocycles. The number of carbonyl (C=O) groups excluding carboxylic acids is 2. The smallest absolute Gasteiger partial charge is 0.435 e. The van der Waals surface area contributed by atoms with Gasteiger partial charge in [0.25, 0.3) is 0 Å². The van der Waals surface area contributed by atoms with Crippen LogP contribution in [-0.4, -0.2) is 35.1 Å². The van der Waals surface area contributed by atoms with Crippen LogP contribution in [0.5, 0.6) is 0 Å². The molecule has 0 saturated heterocycles. The van der Waals surface area contributed by atoms with Crippen molar-refractivity contribution in [2.45, 2.75) is 58.1 Å². The highest BCUT2D eigenvalue weighted by molar-refractivity contribution is 6.02. The van der Waals surface area contributed by atoms with Gasteiger partial charge in [-0.15, -0.1) is 0 Å². The molecule has 1 atom stereocenters. The van der Waals surface area contributed by atoms with Crippen LogP contribution >= 0.6 is 0 Å². The van der Waals surface area contributed by atoms with Gasteiger partial charge in [-0.2, -0.15) is 9.78 Å². The zero-order valence-electron chi connectivity index (χ0n) is 23.3. The Morgan fingerprint density at radius 2 is 1.85 bits per heavy atom. The molecular weight excluding hydrogens is 504 g/mol. The number of hydrogen-bond acceptors (Lipinski definition) is 5. The maximum Gasteiger partial charge on any atom is 0.435 e. The van der Waals surface area contributed by atoms with Gasteiger partial charge in [0.15, 0.2) is 0 Å². The second kappa shape index (κ2) is 11.9. The Morgan fingerprint density at radius 3 is 2.65 bits per heavy atom. The third kappa shape index (κ3) is 6.34. The van der Waals surface area contributed by atoms with Crippen molar-refractivity contribution in [1.82, 2.24) is 15.1 Å². The molecule has 4 aromatic rings. The molecule has 0 spiro atoms. The van der Waals surface area contributed by atoms with Crippen LogP contribution in [0.25, 0.3) is 10.9 Å². The van der Waals surface area contributed by atoms with E-state index in [4.69, 9.17) is 9.47 Å². The lowest BCUT2D eigenvalue weighted by Gasteiger charge is -2.21. The molecule has 0 radical (unpaired) electrons. The van der Waals surface area contributed by atoms with Gasteiger partial charge < -0.3 is 20.1 Å². The number of nitrogens with one attached hydrogen (secondary N) is 2. The largest absolute Gasteiger partial charge is 0.448 e. The van der Waals surface area contributed by atoms with E-state index in [2.05, 4.69) is 54.7 Å². The first-order valence-electron chi connectivity index (χ1n) is 13.8. The van der Waals surface area contributed by atoms with Gasteiger partial charge in [0.2, 0.25) is 0 Å². The van der Waals surface area contributed by atoms with Crippen molar-refractivity contribution in [3.8, 4) is 0 Å². The Morgan fingerprint density at radius 1 is 1.02 bits per heavy atom. The van der Waals surface area contributed by atoms with Crippen molar-refractivity contribution in [2.24, 2.45) is 0 Å². The SMILES string of the molecule is CC(C)(C)c1ccc2c(c1)CC[C@H]2NC(=O)Nc1cccc2c1cnn2C(=O)OCCCOCc1ccccc1. The Bertz CT molecular complexity index is 1490. The van der Waals surface area contributed by atoms with Crippen LogP contribution in [0.4, 0.5) is 15.3 Å². The topological polar surface area (TPSA) is 94.5 Å². The molecule has 0 aliphatic heterocycles. The molecule has 8 heteroatoms. The maximum absolute atomic E-state index is 13.0. The molecule has 2 amide bonds. The first-order valence-corrected chi connectivity index (χ1v) is 13.8. The number of benzene rings is 3. The first-order chi connectivity index (χ1) is 19.3. The number of aromatic nitrogens is 2. The summed E-state index contributed by atoms with van der Waals surface area (Å²) in [6.07, 6.45) is 3.37. The zero-order chi connectivity index (χ0) is 28.1. The van der Waals surface area contributed by atoms with Gasteiger partial charge in [-0.3, -0.25) is 0 Å². The van der Waals surface area contributed by atoms with Crippen molar-refractivity contribution < 1.29 is 19.1 Å². The number of anilines is 1. The highest BCUT2D eigenvalue weighted by Gasteiger charge is 2.26. The molecular formula is C32H36N4O4. The van der Waals surface area contributed by atoms with Crippen LogP contribution < -0.4 is 10.6 Å². The van der Waals surface area contributed by atoms with E-state index >= 15 is 0 Å². The molecule has 208 valence electrons. The fourth-order valence-corrected chi connectivity index (χ4v) is 5.00. The Kier molecular flexibility index (Phi) is 8.16. The average Bonchev–Trinajstić information content (AvgIpc) is 3.55. The van der Waals surface area contributed by atoms with E-state index in [0.29, 0.717) is 36.2 Å². The summed E-state index contributed by atoms with van der Waals surface area (Å²) in [7, 11) is 0. The van der Waals surface area contributed by atoms with Crippen molar-refractivity contribution in [1.29, 1.82) is 0 Å². The highest BCUT2D eigenvalue weighted by atomic mass is 16.6. The molecule has 5 rings (SSSR count). The molecule has 0 fully saturated rings. The normalized spacial score (nSPS) is 14.6. The second-order valence-corrected chi connectivity index (χ2v) is 11.2. The van der Waals surface area contributed by atoms with Gasteiger partial charge in [-0.05, 0) is 52.6 Å². The summed E-state index contributed by atoms with van der Waals surface area (Å²) >= 11 is 0. The Labute approximate surface area is 234 Å². The molecule has 40 heavy (non-hydrogen) atoms. The molecule has 0 saturated carbocycles. The van der Waals surface area contributed by atoms with E-state index in [-0.39, 0.29) is 24.1 Å². The first kappa shape index (κ1) is 27.4. The number of rotatable bonds is 8. The van der Waals surface area contributed by atoms with Crippen molar-refractivity contribution in [3.63, 3.8) is 0 Å². The van der Waals surface area contributed by atoms with E-state index in [1.165, 1.54) is 21.4 Å². The number of aryl methyl sites for hydroxylation is 1. The lowest BCUT2D eigenvalue weighted by atomic mass is 9.85. The molecule has 1 aliphatic rings. The predicted octanol–water partition coefficient (Wildman–Crippen LogP) is 6.73. The molecule has 0 bridgehead atoms. The summed E-state index contributed by atoms with van der Waals surface area (Å²) in [4.78, 5) is 25.6. The van der Waals surface area contributed by atoms with Gasteiger partial charge in [0.1, 0.15) is 0 Å². The number of hydrogen-bond donors (Lipinski definition) is 2. The summed E-state index contributed by atoms with van der Waals surface area (Å²) < 4.78 is 12.3. The molecule has 1 heterocycles. The summed E-state index contributed by atoms with van der Waals surface area (Å²) in [6.45, 7) is 7.84. The minimum atomic E-state index is -0.572. The quantitative estimate of drug-likeness (QED) is 0.242. The van der Waals surface area contributed by atoms with E-state index in [1.807, 2.05) is 30.3 Å². The van der Waals surface area contributed by atoms with Crippen LogP contribution in [0.15, 0.2) is 72.9 Å². The predicted molar refractivity (Wildman–Crippen MR) is 156 cm³/mol. The number of urea groups is 1. The standard InChI is InChI=1S/C32H36N4O4/c1-32(2,3)24-14-15-25-23(19-24)13-16-28(25)35-30(37)34-27-11-7-12-29-26(27)20-33-36(29)31(38)40-18-8-17-39-21-22-9-5-4-6-10-22/h4-7,9-12,14-15,19-20,28H,8,13,16-18,21H2,1-3H3,(H2,34,35,37)/t28-/m1/s1. The number of amides is 2. The zero-order valence-corrected chi connectivity index (χ0v) is 23.3. The van der Waals surface area contributed by atoms with E-state index in [0.717, 1.165) is 18.4 Å². The molecule has 1 aliphatic carbocycles. The van der Waals surface area contributed by atoms with Crippen molar-refractivity contribution in [3.05, 3.63) is 95.2 Å². The van der Waals surface area contributed by atoms with Crippen LogP contribution in [-0.2, 0) is 27.9 Å². The summed E-state index contributed by atoms with van der Waals surface area (Å²) in [6, 6.07) is 21.5. The lowest BCUT2D eigenvalue weighted by Crippen LogP contribution is -2.31. The molecule has 2 N–H and O–H groups in total. The van der Waals surface area contributed by atoms with Crippen molar-refractivity contribution >= 4 is 28.7 Å². The fourth-order valence-electron chi connectivity index (χ4n) is 5.00. The highest BCUT2D eigenvalue weighted by Crippen LogP contribution is 2.35. The van der Waals surface area contributed by atoms with Gasteiger partial charge >= 0.3 is 12.1 Å². The fraction of sp³-hybridized carbons (Fsp3) is 0.344. The average molecular weight is 541 g/mol. The number of carbonyl (C=O) groups is 2. The number of ether oxygens (including phenoxy) is 2. The molecule has 1 aromatic heterocycles. The Hall–Kier alpha value is -4.17. The summed E-state index contributed by atoms with van der Waals surface area (Å²) in [5, 5.41) is 10.9. The van der Waals surface area contributed by atoms with Gasteiger partial charge in [-0.1, -0.05) is 75.4 Å². The minimum absolute atomic E-state index is 0.0439. The number of fused-ring (bicyclic) bond motifs is 2. The van der Waals surface area contributed by atoms with Crippen LogP contribution in [0.1, 0.15) is 61.9 Å². The van der Waals surface area contributed by atoms with Crippen LogP contribution in [0, 0.1) is 0 Å². The Balaban J connectivity index is 1.15. The number of nitrogens with zero attached hydrogens (tertiary/aromatic N) is 2. The van der Waals surface area contributed by atoms with E-state index in [1.54, 1.807) is 24.4 Å². The summed E-state index contributed by atoms with van der Waals surface area (Å²) in [5.41, 5.74) is 6.08. The van der Waals surface area contributed by atoms with Gasteiger partial charge in [0.05, 0.1) is 43.3 Å². The van der Waals surface area contributed by atoms with Gasteiger partial charge in [-0.25, -0.2) is 9.59 Å². The lowest BCUT2D eigenvalue weighted by molar-refractivity contribution is 0.0921. The van der Waals surface area contributed by atoms with E-state index < -0.39 is 6.09 Å². The maximum atomic E-state index is 13.0. The van der Waals surface area contributed by atoms with Crippen LogP contribution in [0.2, 0.25) is 0 Å². The monoisotopic (exact) mass is 540 g/mol. The summed E-state index contributed by atoms with van der Waals surface area (Å²) in [5.74, 6) is 0. The van der Waals surface area contributed by atoms with Gasteiger partial charge in [0, 0.05) is 11.8 Å².